The first-order chi connectivity index (χ1) is 9.43. The van der Waals surface area contributed by atoms with Crippen molar-refractivity contribution in [2.75, 3.05) is 6.54 Å². The van der Waals surface area contributed by atoms with Crippen LogP contribution >= 0.6 is 0 Å². The fourth-order valence-corrected chi connectivity index (χ4v) is 2.27. The third kappa shape index (κ3) is 2.96. The van der Waals surface area contributed by atoms with Gasteiger partial charge in [-0.25, -0.2) is 5.43 Å². The van der Waals surface area contributed by atoms with E-state index in [9.17, 15) is 0 Å². The summed E-state index contributed by atoms with van der Waals surface area (Å²) in [6.07, 6.45) is 3.64. The van der Waals surface area contributed by atoms with Crippen molar-refractivity contribution in [1.82, 2.24) is 26.1 Å². The normalized spacial score (nSPS) is 22.5. The number of aromatic nitrogens is 2. The molecule has 0 aliphatic carbocycles. The van der Waals surface area contributed by atoms with Crippen molar-refractivity contribution in [3.63, 3.8) is 0 Å². The smallest absolute Gasteiger partial charge is 0.0800 e. The van der Waals surface area contributed by atoms with Crippen LogP contribution in [-0.2, 0) is 6.54 Å². The summed E-state index contributed by atoms with van der Waals surface area (Å²) in [7, 11) is 0. The first-order valence-corrected chi connectivity index (χ1v) is 6.46. The van der Waals surface area contributed by atoms with E-state index >= 15 is 0 Å². The molecule has 1 saturated heterocycles. The first-order valence-electron chi connectivity index (χ1n) is 6.46. The van der Waals surface area contributed by atoms with Gasteiger partial charge in [0, 0.05) is 31.5 Å². The SMILES string of the molecule is c1ccc(CNC2CNNC2c2ccccn2)nc1. The number of nitrogens with one attached hydrogen (secondary N) is 3. The van der Waals surface area contributed by atoms with Crippen molar-refractivity contribution in [1.29, 1.82) is 0 Å². The molecule has 3 N–H and O–H groups in total. The lowest BCUT2D eigenvalue weighted by atomic mass is 10.1. The Bertz CT molecular complexity index is 502. The summed E-state index contributed by atoms with van der Waals surface area (Å²) >= 11 is 0. The molecule has 3 heterocycles. The van der Waals surface area contributed by atoms with Gasteiger partial charge in [0.25, 0.3) is 0 Å². The molecule has 5 nitrogen and oxygen atoms in total. The van der Waals surface area contributed by atoms with E-state index in [1.54, 1.807) is 0 Å². The summed E-state index contributed by atoms with van der Waals surface area (Å²) in [6.45, 7) is 1.63. The molecule has 0 radical (unpaired) electrons. The Hall–Kier alpha value is -1.82. The highest BCUT2D eigenvalue weighted by atomic mass is 15.4. The predicted octanol–water partition coefficient (Wildman–Crippen LogP) is 0.784. The van der Waals surface area contributed by atoms with E-state index in [-0.39, 0.29) is 6.04 Å². The van der Waals surface area contributed by atoms with E-state index < -0.39 is 0 Å². The minimum Gasteiger partial charge on any atom is -0.305 e. The van der Waals surface area contributed by atoms with Gasteiger partial charge in [-0.05, 0) is 24.3 Å². The third-order valence-corrected chi connectivity index (χ3v) is 3.26. The van der Waals surface area contributed by atoms with Crippen molar-refractivity contribution in [2.24, 2.45) is 0 Å². The Morgan fingerprint density at radius 2 is 1.95 bits per heavy atom. The molecule has 2 atom stereocenters. The van der Waals surface area contributed by atoms with Crippen LogP contribution in [0.15, 0.2) is 48.8 Å². The van der Waals surface area contributed by atoms with E-state index in [0.29, 0.717) is 6.04 Å². The topological polar surface area (TPSA) is 61.9 Å². The molecule has 1 aliphatic heterocycles. The molecule has 0 amide bonds. The van der Waals surface area contributed by atoms with Crippen LogP contribution < -0.4 is 16.2 Å². The highest BCUT2D eigenvalue weighted by Gasteiger charge is 2.28. The number of nitrogens with zero attached hydrogens (tertiary/aromatic N) is 2. The van der Waals surface area contributed by atoms with Crippen LogP contribution in [0.4, 0.5) is 0 Å². The lowest BCUT2D eigenvalue weighted by Crippen LogP contribution is -2.36. The molecule has 1 aliphatic rings. The number of rotatable bonds is 4. The second kappa shape index (κ2) is 5.88. The predicted molar refractivity (Wildman–Crippen MR) is 73.0 cm³/mol. The maximum Gasteiger partial charge on any atom is 0.0800 e. The van der Waals surface area contributed by atoms with Gasteiger partial charge in [0.2, 0.25) is 0 Å². The van der Waals surface area contributed by atoms with Gasteiger partial charge >= 0.3 is 0 Å². The summed E-state index contributed by atoms with van der Waals surface area (Å²) in [5, 5.41) is 3.52. The zero-order valence-corrected chi connectivity index (χ0v) is 10.6. The number of pyridine rings is 2. The Labute approximate surface area is 112 Å². The molecule has 0 spiro atoms. The van der Waals surface area contributed by atoms with Crippen LogP contribution in [0.25, 0.3) is 0 Å². The van der Waals surface area contributed by atoms with E-state index in [1.807, 2.05) is 48.8 Å². The fourth-order valence-electron chi connectivity index (χ4n) is 2.27. The van der Waals surface area contributed by atoms with E-state index in [4.69, 9.17) is 0 Å². The summed E-state index contributed by atoms with van der Waals surface area (Å²) in [6, 6.07) is 12.4. The molecule has 0 bridgehead atoms. The first kappa shape index (κ1) is 12.2. The van der Waals surface area contributed by atoms with Crippen molar-refractivity contribution in [3.8, 4) is 0 Å². The average Bonchev–Trinajstić information content (AvgIpc) is 2.95. The third-order valence-electron chi connectivity index (χ3n) is 3.26. The largest absolute Gasteiger partial charge is 0.305 e. The van der Waals surface area contributed by atoms with Crippen LogP contribution in [0.3, 0.4) is 0 Å². The second-order valence-electron chi connectivity index (χ2n) is 4.57. The summed E-state index contributed by atoms with van der Waals surface area (Å²) in [5.41, 5.74) is 8.55. The van der Waals surface area contributed by atoms with E-state index in [2.05, 4.69) is 26.1 Å². The van der Waals surface area contributed by atoms with Gasteiger partial charge in [0.1, 0.15) is 0 Å². The zero-order valence-electron chi connectivity index (χ0n) is 10.6. The zero-order chi connectivity index (χ0) is 12.9. The van der Waals surface area contributed by atoms with Crippen LogP contribution in [0, 0.1) is 0 Å². The van der Waals surface area contributed by atoms with Gasteiger partial charge < -0.3 is 5.32 Å². The maximum atomic E-state index is 4.41. The van der Waals surface area contributed by atoms with Gasteiger partial charge in [-0.1, -0.05) is 12.1 Å². The fraction of sp³-hybridized carbons (Fsp3) is 0.286. The summed E-state index contributed by atoms with van der Waals surface area (Å²) < 4.78 is 0. The quantitative estimate of drug-likeness (QED) is 0.754. The highest BCUT2D eigenvalue weighted by molar-refractivity contribution is 5.13. The number of hydrogen-bond acceptors (Lipinski definition) is 5. The highest BCUT2D eigenvalue weighted by Crippen LogP contribution is 2.17. The van der Waals surface area contributed by atoms with Crippen LogP contribution in [-0.4, -0.2) is 22.6 Å². The summed E-state index contributed by atoms with van der Waals surface area (Å²) in [4.78, 5) is 8.73. The summed E-state index contributed by atoms with van der Waals surface area (Å²) in [5.74, 6) is 0. The Balaban J connectivity index is 1.64. The van der Waals surface area contributed by atoms with Gasteiger partial charge in [-0.3, -0.25) is 15.4 Å². The molecule has 3 rings (SSSR count). The number of hydrogen-bond donors (Lipinski definition) is 3. The molecular weight excluding hydrogens is 238 g/mol. The van der Waals surface area contributed by atoms with E-state index in [0.717, 1.165) is 24.5 Å². The Kier molecular flexibility index (Phi) is 3.78. The molecule has 0 saturated carbocycles. The minimum absolute atomic E-state index is 0.185. The van der Waals surface area contributed by atoms with Gasteiger partial charge in [-0.15, -0.1) is 0 Å². The van der Waals surface area contributed by atoms with E-state index in [1.165, 1.54) is 0 Å². The Morgan fingerprint density at radius 1 is 1.11 bits per heavy atom. The standard InChI is InChI=1S/C14H17N5/c1-3-7-15-11(5-1)9-17-13-10-18-19-14(13)12-6-2-4-8-16-12/h1-8,13-14,17-19H,9-10H2. The van der Waals surface area contributed by atoms with Gasteiger partial charge in [0.15, 0.2) is 0 Å². The van der Waals surface area contributed by atoms with Crippen molar-refractivity contribution < 1.29 is 0 Å². The average molecular weight is 255 g/mol. The monoisotopic (exact) mass is 255 g/mol. The molecule has 19 heavy (non-hydrogen) atoms. The molecule has 98 valence electrons. The van der Waals surface area contributed by atoms with Gasteiger partial charge in [0.05, 0.1) is 17.4 Å². The molecule has 5 heteroatoms. The van der Waals surface area contributed by atoms with Crippen molar-refractivity contribution in [2.45, 2.75) is 18.6 Å². The molecule has 0 aromatic carbocycles. The lowest BCUT2D eigenvalue weighted by molar-refractivity contribution is 0.460. The maximum absolute atomic E-state index is 4.41. The Morgan fingerprint density at radius 3 is 2.68 bits per heavy atom. The minimum atomic E-state index is 0.185. The molecule has 2 aromatic rings. The number of hydrazine groups is 1. The molecule has 1 fully saturated rings. The lowest BCUT2D eigenvalue weighted by Gasteiger charge is -2.19. The van der Waals surface area contributed by atoms with Gasteiger partial charge in [-0.2, -0.15) is 0 Å². The van der Waals surface area contributed by atoms with Crippen LogP contribution in [0.1, 0.15) is 17.4 Å². The second-order valence-corrected chi connectivity index (χ2v) is 4.57. The van der Waals surface area contributed by atoms with Crippen molar-refractivity contribution >= 4 is 0 Å². The van der Waals surface area contributed by atoms with Crippen LogP contribution in [0.5, 0.6) is 0 Å². The van der Waals surface area contributed by atoms with Crippen molar-refractivity contribution in [3.05, 3.63) is 60.2 Å². The van der Waals surface area contributed by atoms with Crippen LogP contribution in [0.2, 0.25) is 0 Å². The molecular formula is C14H17N5. The molecule has 2 aromatic heterocycles. The molecule has 2 unspecified atom stereocenters.